The molecule has 2 aromatic rings. The van der Waals surface area contributed by atoms with E-state index in [-0.39, 0.29) is 0 Å². The number of urea groups is 1. The number of carbonyl (C=O) groups is 2. The lowest BCUT2D eigenvalue weighted by Gasteiger charge is -2.09. The van der Waals surface area contributed by atoms with Crippen LogP contribution in [0.3, 0.4) is 0 Å². The summed E-state index contributed by atoms with van der Waals surface area (Å²) in [6.07, 6.45) is 1.54. The van der Waals surface area contributed by atoms with E-state index in [0.29, 0.717) is 17.9 Å². The average Bonchev–Trinajstić information content (AvgIpc) is 2.54. The number of amides is 3. The van der Waals surface area contributed by atoms with Crippen molar-refractivity contribution in [1.29, 1.82) is 0 Å². The third-order valence-corrected chi connectivity index (χ3v) is 3.00. The van der Waals surface area contributed by atoms with Crippen LogP contribution >= 0.6 is 0 Å². The molecule has 3 amide bonds. The summed E-state index contributed by atoms with van der Waals surface area (Å²) in [5.74, 6) is -2.77. The molecular formula is C17H15F2N3O2. The van der Waals surface area contributed by atoms with E-state index >= 15 is 0 Å². The molecule has 0 aliphatic rings. The summed E-state index contributed by atoms with van der Waals surface area (Å²) >= 11 is 0. The standard InChI is InChI=1S/C17H15F2N3O2/c1-2-10-20-17(24)22-12-8-6-11(7-9-12)21-16(23)15-13(18)4-3-5-14(15)19/h2-9H,1,10H2,(H,21,23)(H2,20,22,24). The van der Waals surface area contributed by atoms with Crippen LogP contribution in [0.1, 0.15) is 10.4 Å². The SMILES string of the molecule is C=CCNC(=O)Nc1ccc(NC(=O)c2c(F)cccc2F)cc1. The highest BCUT2D eigenvalue weighted by molar-refractivity contribution is 6.04. The molecule has 2 rings (SSSR count). The molecule has 124 valence electrons. The van der Waals surface area contributed by atoms with E-state index in [1.807, 2.05) is 0 Å². The van der Waals surface area contributed by atoms with Gasteiger partial charge in [0.15, 0.2) is 0 Å². The van der Waals surface area contributed by atoms with E-state index in [9.17, 15) is 18.4 Å². The Hall–Kier alpha value is -3.22. The van der Waals surface area contributed by atoms with Gasteiger partial charge >= 0.3 is 6.03 Å². The predicted molar refractivity (Wildman–Crippen MR) is 88.0 cm³/mol. The number of anilines is 2. The van der Waals surface area contributed by atoms with E-state index in [1.54, 1.807) is 18.2 Å². The Labute approximate surface area is 137 Å². The third kappa shape index (κ3) is 4.39. The van der Waals surface area contributed by atoms with Crippen LogP contribution in [0.4, 0.5) is 25.0 Å². The van der Waals surface area contributed by atoms with Crippen molar-refractivity contribution in [1.82, 2.24) is 5.32 Å². The van der Waals surface area contributed by atoms with Crippen molar-refractivity contribution >= 4 is 23.3 Å². The molecule has 0 aliphatic carbocycles. The van der Waals surface area contributed by atoms with Gasteiger partial charge in [0.1, 0.15) is 17.2 Å². The molecule has 2 aromatic carbocycles. The molecule has 0 saturated carbocycles. The number of nitrogens with one attached hydrogen (secondary N) is 3. The van der Waals surface area contributed by atoms with Crippen LogP contribution in [0.2, 0.25) is 0 Å². The second-order valence-electron chi connectivity index (χ2n) is 4.75. The minimum absolute atomic E-state index is 0.328. The first-order valence-corrected chi connectivity index (χ1v) is 7.02. The second-order valence-corrected chi connectivity index (χ2v) is 4.75. The molecule has 0 fully saturated rings. The molecule has 0 unspecified atom stereocenters. The summed E-state index contributed by atoms with van der Waals surface area (Å²) in [6, 6.07) is 8.88. The van der Waals surface area contributed by atoms with E-state index < -0.39 is 29.1 Å². The van der Waals surface area contributed by atoms with Gasteiger partial charge in [0.05, 0.1) is 0 Å². The fourth-order valence-corrected chi connectivity index (χ4v) is 1.89. The topological polar surface area (TPSA) is 70.2 Å². The van der Waals surface area contributed by atoms with Gasteiger partial charge in [0.2, 0.25) is 0 Å². The van der Waals surface area contributed by atoms with Crippen LogP contribution in [0.25, 0.3) is 0 Å². The first kappa shape index (κ1) is 17.1. The lowest BCUT2D eigenvalue weighted by atomic mass is 10.1. The smallest absolute Gasteiger partial charge is 0.319 e. The Balaban J connectivity index is 2.02. The third-order valence-electron chi connectivity index (χ3n) is 3.00. The van der Waals surface area contributed by atoms with Gasteiger partial charge in [-0.3, -0.25) is 4.79 Å². The van der Waals surface area contributed by atoms with Gasteiger partial charge in [-0.25, -0.2) is 13.6 Å². The predicted octanol–water partition coefficient (Wildman–Crippen LogP) is 3.52. The Morgan fingerprint density at radius 3 is 2.04 bits per heavy atom. The Bertz CT molecular complexity index is 741. The van der Waals surface area contributed by atoms with E-state index in [0.717, 1.165) is 12.1 Å². The highest BCUT2D eigenvalue weighted by Crippen LogP contribution is 2.17. The molecule has 24 heavy (non-hydrogen) atoms. The lowest BCUT2D eigenvalue weighted by molar-refractivity contribution is 0.101. The van der Waals surface area contributed by atoms with Crippen LogP contribution in [0, 0.1) is 11.6 Å². The van der Waals surface area contributed by atoms with Crippen molar-refractivity contribution in [2.75, 3.05) is 17.2 Å². The molecule has 7 heteroatoms. The first-order valence-electron chi connectivity index (χ1n) is 7.02. The van der Waals surface area contributed by atoms with Gasteiger partial charge in [0.25, 0.3) is 5.91 Å². The van der Waals surface area contributed by atoms with Gasteiger partial charge in [-0.05, 0) is 36.4 Å². The van der Waals surface area contributed by atoms with Gasteiger partial charge < -0.3 is 16.0 Å². The van der Waals surface area contributed by atoms with Crippen molar-refractivity contribution in [2.24, 2.45) is 0 Å². The van der Waals surface area contributed by atoms with Crippen LogP contribution in [-0.2, 0) is 0 Å². The number of benzene rings is 2. The zero-order chi connectivity index (χ0) is 17.5. The van der Waals surface area contributed by atoms with Gasteiger partial charge in [-0.1, -0.05) is 12.1 Å². The quantitative estimate of drug-likeness (QED) is 0.734. The summed E-state index contributed by atoms with van der Waals surface area (Å²) < 4.78 is 27.1. The minimum atomic E-state index is -0.940. The molecule has 0 atom stereocenters. The molecule has 0 spiro atoms. The van der Waals surface area contributed by atoms with E-state index in [2.05, 4.69) is 22.5 Å². The van der Waals surface area contributed by atoms with Gasteiger partial charge in [-0.15, -0.1) is 6.58 Å². The molecule has 0 bridgehead atoms. The Morgan fingerprint density at radius 2 is 1.50 bits per heavy atom. The zero-order valence-electron chi connectivity index (χ0n) is 12.6. The first-order chi connectivity index (χ1) is 11.5. The summed E-state index contributed by atoms with van der Waals surface area (Å²) in [5, 5.41) is 7.51. The summed E-state index contributed by atoms with van der Waals surface area (Å²) in [6.45, 7) is 3.81. The fourth-order valence-electron chi connectivity index (χ4n) is 1.89. The lowest BCUT2D eigenvalue weighted by Crippen LogP contribution is -2.28. The second kappa shape index (κ2) is 7.87. The normalized spacial score (nSPS) is 9.92. The van der Waals surface area contributed by atoms with Crippen molar-refractivity contribution in [3.63, 3.8) is 0 Å². The number of halogens is 2. The van der Waals surface area contributed by atoms with Gasteiger partial charge in [0, 0.05) is 17.9 Å². The number of carbonyl (C=O) groups excluding carboxylic acids is 2. The monoisotopic (exact) mass is 331 g/mol. The van der Waals surface area contributed by atoms with Crippen LogP contribution in [0.15, 0.2) is 55.1 Å². The highest BCUT2D eigenvalue weighted by Gasteiger charge is 2.17. The summed E-state index contributed by atoms with van der Waals surface area (Å²) in [5.41, 5.74) is 0.176. The van der Waals surface area contributed by atoms with E-state index in [4.69, 9.17) is 0 Å². The van der Waals surface area contributed by atoms with Crippen molar-refractivity contribution < 1.29 is 18.4 Å². The van der Waals surface area contributed by atoms with Crippen LogP contribution in [0.5, 0.6) is 0 Å². The number of hydrogen-bond acceptors (Lipinski definition) is 2. The zero-order valence-corrected chi connectivity index (χ0v) is 12.6. The number of rotatable bonds is 5. The Kier molecular flexibility index (Phi) is 5.62. The molecule has 0 saturated heterocycles. The largest absolute Gasteiger partial charge is 0.334 e. The Morgan fingerprint density at radius 1 is 0.958 bits per heavy atom. The van der Waals surface area contributed by atoms with Crippen molar-refractivity contribution in [3.8, 4) is 0 Å². The number of hydrogen-bond donors (Lipinski definition) is 3. The summed E-state index contributed by atoms with van der Waals surface area (Å²) in [4.78, 5) is 23.4. The molecular weight excluding hydrogens is 316 g/mol. The molecule has 0 aliphatic heterocycles. The van der Waals surface area contributed by atoms with Crippen LogP contribution in [-0.4, -0.2) is 18.5 Å². The minimum Gasteiger partial charge on any atom is -0.334 e. The maximum atomic E-state index is 13.6. The van der Waals surface area contributed by atoms with Crippen LogP contribution < -0.4 is 16.0 Å². The summed E-state index contributed by atoms with van der Waals surface area (Å²) in [7, 11) is 0. The highest BCUT2D eigenvalue weighted by atomic mass is 19.1. The molecule has 0 radical (unpaired) electrons. The molecule has 0 aromatic heterocycles. The van der Waals surface area contributed by atoms with Crippen molar-refractivity contribution in [2.45, 2.75) is 0 Å². The fraction of sp³-hybridized carbons (Fsp3) is 0.0588. The molecule has 0 heterocycles. The van der Waals surface area contributed by atoms with Gasteiger partial charge in [-0.2, -0.15) is 0 Å². The molecule has 3 N–H and O–H groups in total. The van der Waals surface area contributed by atoms with Crippen molar-refractivity contribution in [3.05, 3.63) is 72.3 Å². The molecule has 5 nitrogen and oxygen atoms in total. The average molecular weight is 331 g/mol. The maximum Gasteiger partial charge on any atom is 0.319 e. The van der Waals surface area contributed by atoms with E-state index in [1.165, 1.54) is 18.2 Å². The maximum absolute atomic E-state index is 13.6.